The lowest BCUT2D eigenvalue weighted by molar-refractivity contribution is -0.122. The summed E-state index contributed by atoms with van der Waals surface area (Å²) in [7, 11) is -3.79. The molecule has 1 heterocycles. The molecule has 4 rings (SSSR count). The molecule has 2 aromatic rings. The third kappa shape index (κ3) is 4.69. The van der Waals surface area contributed by atoms with E-state index in [1.807, 2.05) is 0 Å². The van der Waals surface area contributed by atoms with E-state index in [0.717, 1.165) is 19.3 Å². The molecule has 2 bridgehead atoms. The van der Waals surface area contributed by atoms with E-state index in [-0.39, 0.29) is 29.6 Å². The van der Waals surface area contributed by atoms with Gasteiger partial charge < -0.3 is 5.32 Å². The second-order valence-corrected chi connectivity index (χ2v) is 10.1. The number of nitriles is 1. The van der Waals surface area contributed by atoms with Crippen LogP contribution in [0.1, 0.15) is 31.2 Å². The Hall–Kier alpha value is -2.60. The van der Waals surface area contributed by atoms with Gasteiger partial charge >= 0.3 is 0 Å². The average molecular weight is 442 g/mol. The van der Waals surface area contributed by atoms with Crippen LogP contribution in [0.5, 0.6) is 0 Å². The van der Waals surface area contributed by atoms with Crippen LogP contribution in [-0.4, -0.2) is 26.3 Å². The molecule has 4 atom stereocenters. The summed E-state index contributed by atoms with van der Waals surface area (Å²) in [6, 6.07) is 13.0. The van der Waals surface area contributed by atoms with Gasteiger partial charge in [0.1, 0.15) is 5.82 Å². The maximum Gasteiger partial charge on any atom is 0.238 e. The van der Waals surface area contributed by atoms with Crippen LogP contribution < -0.4 is 10.5 Å². The van der Waals surface area contributed by atoms with Crippen molar-refractivity contribution in [3.63, 3.8) is 0 Å². The summed E-state index contributed by atoms with van der Waals surface area (Å²) in [6.07, 6.45) is 3.48. The molecule has 6 nitrogen and oxygen atoms in total. The van der Waals surface area contributed by atoms with Crippen molar-refractivity contribution in [2.45, 2.75) is 49.1 Å². The summed E-state index contributed by atoms with van der Waals surface area (Å²) >= 11 is 0. The van der Waals surface area contributed by atoms with Gasteiger partial charge in [-0.05, 0) is 66.5 Å². The number of Topliss-reactive ketones (excluding diaryl/α,β-unsaturated/α-hetero) is 1. The molecule has 1 unspecified atom stereocenters. The zero-order valence-corrected chi connectivity index (χ0v) is 17.7. The van der Waals surface area contributed by atoms with Crippen LogP contribution >= 0.6 is 0 Å². The number of carbonyl (C=O) groups excluding carboxylic acids is 1. The molecule has 1 aliphatic carbocycles. The van der Waals surface area contributed by atoms with E-state index in [0.29, 0.717) is 28.7 Å². The molecule has 1 saturated heterocycles. The van der Waals surface area contributed by atoms with E-state index >= 15 is 0 Å². The van der Waals surface area contributed by atoms with Gasteiger partial charge in [-0.25, -0.2) is 17.9 Å². The summed E-state index contributed by atoms with van der Waals surface area (Å²) in [5, 5.41) is 18.0. The summed E-state index contributed by atoms with van der Waals surface area (Å²) in [5.41, 5.74) is 1.61. The van der Waals surface area contributed by atoms with E-state index in [2.05, 4.69) is 11.4 Å². The lowest BCUT2D eigenvalue weighted by atomic mass is 9.88. The Balaban J connectivity index is 1.43. The second kappa shape index (κ2) is 8.50. The summed E-state index contributed by atoms with van der Waals surface area (Å²) in [5.74, 6) is -0.624. The van der Waals surface area contributed by atoms with Crippen molar-refractivity contribution in [1.29, 1.82) is 5.26 Å². The van der Waals surface area contributed by atoms with Crippen molar-refractivity contribution in [3.05, 3.63) is 53.8 Å². The molecule has 31 heavy (non-hydrogen) atoms. The minimum absolute atomic E-state index is 0.0140. The fourth-order valence-corrected chi connectivity index (χ4v) is 5.26. The highest BCUT2D eigenvalue weighted by molar-refractivity contribution is 7.89. The number of hydrogen-bond acceptors (Lipinski definition) is 5. The van der Waals surface area contributed by atoms with Crippen LogP contribution in [0.4, 0.5) is 4.39 Å². The van der Waals surface area contributed by atoms with Crippen molar-refractivity contribution >= 4 is 15.8 Å². The maximum absolute atomic E-state index is 14.7. The number of fused-ring (bicyclic) bond motifs is 2. The Bertz CT molecular complexity index is 1140. The van der Waals surface area contributed by atoms with E-state index in [1.54, 1.807) is 24.3 Å². The molecule has 2 fully saturated rings. The molecule has 2 aromatic carbocycles. The zero-order valence-electron chi connectivity index (χ0n) is 16.9. The molecular weight excluding hydrogens is 417 g/mol. The third-order valence-corrected chi connectivity index (χ3v) is 7.30. The van der Waals surface area contributed by atoms with Crippen molar-refractivity contribution in [1.82, 2.24) is 5.32 Å². The number of sulfonamides is 1. The van der Waals surface area contributed by atoms with Gasteiger partial charge in [-0.3, -0.25) is 4.79 Å². The van der Waals surface area contributed by atoms with Crippen LogP contribution in [0.3, 0.4) is 0 Å². The van der Waals surface area contributed by atoms with Crippen molar-refractivity contribution in [2.24, 2.45) is 17.0 Å². The van der Waals surface area contributed by atoms with Gasteiger partial charge in [-0.2, -0.15) is 5.26 Å². The molecular formula is C23H24FN3O3S. The predicted octanol–water partition coefficient (Wildman–Crippen LogP) is 2.92. The number of carbonyl (C=O) groups is 1. The minimum atomic E-state index is -3.79. The normalized spacial score (nSPS) is 23.5. The fourth-order valence-electron chi connectivity index (χ4n) is 4.74. The van der Waals surface area contributed by atoms with Crippen molar-refractivity contribution in [3.8, 4) is 17.2 Å². The first-order valence-corrected chi connectivity index (χ1v) is 11.9. The fraction of sp³-hybridized carbons (Fsp3) is 0.391. The Labute approximate surface area is 181 Å². The number of hydrogen-bond donors (Lipinski definition) is 2. The molecule has 3 N–H and O–H groups in total. The van der Waals surface area contributed by atoms with Gasteiger partial charge in [-0.1, -0.05) is 24.3 Å². The average Bonchev–Trinajstić information content (AvgIpc) is 3.37. The third-order valence-electron chi connectivity index (χ3n) is 6.37. The molecule has 2 aliphatic rings. The largest absolute Gasteiger partial charge is 0.304 e. The lowest BCUT2D eigenvalue weighted by Gasteiger charge is -2.22. The van der Waals surface area contributed by atoms with Gasteiger partial charge in [0.15, 0.2) is 5.78 Å². The maximum atomic E-state index is 14.7. The molecule has 162 valence electrons. The van der Waals surface area contributed by atoms with Crippen molar-refractivity contribution in [2.75, 3.05) is 0 Å². The van der Waals surface area contributed by atoms with Gasteiger partial charge in [0, 0.05) is 12.5 Å². The van der Waals surface area contributed by atoms with E-state index in [4.69, 9.17) is 5.14 Å². The number of nitrogens with two attached hydrogens (primary N) is 1. The molecule has 1 saturated carbocycles. The Morgan fingerprint density at radius 1 is 1.19 bits per heavy atom. The molecule has 0 amide bonds. The Kier molecular flexibility index (Phi) is 5.93. The zero-order chi connectivity index (χ0) is 22.2. The van der Waals surface area contributed by atoms with Gasteiger partial charge in [0.05, 0.1) is 22.9 Å². The highest BCUT2D eigenvalue weighted by Gasteiger charge is 2.42. The lowest BCUT2D eigenvalue weighted by Crippen LogP contribution is -2.42. The quantitative estimate of drug-likeness (QED) is 0.686. The van der Waals surface area contributed by atoms with Crippen LogP contribution in [0.25, 0.3) is 11.1 Å². The standard InChI is InChI=1S/C23H24FN3O3S/c24-21-12-16(15-4-7-20(8-5-15)31(26,29)30)1-2-17(21)9-14(13-25)10-22(28)23-18-3-6-19(11-18)27-23/h1-2,4-5,7-8,12,14,18-19,23,27H,3,6,9-11H2,(H2,26,29,30)/t14?,18-,19+,23-/m0/s1. The van der Waals surface area contributed by atoms with Crippen LogP contribution in [0, 0.1) is 29.0 Å². The highest BCUT2D eigenvalue weighted by atomic mass is 32.2. The molecule has 1 aliphatic heterocycles. The van der Waals surface area contributed by atoms with Crippen molar-refractivity contribution < 1.29 is 17.6 Å². The number of benzene rings is 2. The number of nitrogens with one attached hydrogen (secondary N) is 1. The first kappa shape index (κ1) is 21.6. The molecule has 8 heteroatoms. The predicted molar refractivity (Wildman–Crippen MR) is 114 cm³/mol. The van der Waals surface area contributed by atoms with Crippen LogP contribution in [-0.2, 0) is 21.2 Å². The molecule has 0 radical (unpaired) electrons. The second-order valence-electron chi connectivity index (χ2n) is 8.49. The topological polar surface area (TPSA) is 113 Å². The SMILES string of the molecule is N#CC(CC(=O)[C@H]1N[C@@H]2CC[C@H]1C2)Cc1ccc(-c2ccc(S(N)(=O)=O)cc2)cc1F. The first-order valence-electron chi connectivity index (χ1n) is 10.3. The van der Waals surface area contributed by atoms with E-state index in [1.165, 1.54) is 18.2 Å². The first-order chi connectivity index (χ1) is 14.7. The summed E-state index contributed by atoms with van der Waals surface area (Å²) in [4.78, 5) is 12.6. The number of halogens is 1. The number of primary sulfonamides is 1. The highest BCUT2D eigenvalue weighted by Crippen LogP contribution is 2.36. The Morgan fingerprint density at radius 3 is 2.45 bits per heavy atom. The van der Waals surface area contributed by atoms with Crippen LogP contribution in [0.15, 0.2) is 47.4 Å². The molecule has 0 aromatic heterocycles. The summed E-state index contributed by atoms with van der Waals surface area (Å²) in [6.45, 7) is 0. The minimum Gasteiger partial charge on any atom is -0.304 e. The molecule has 0 spiro atoms. The van der Waals surface area contributed by atoms with E-state index < -0.39 is 21.8 Å². The monoisotopic (exact) mass is 441 g/mol. The number of nitrogens with zero attached hydrogens (tertiary/aromatic N) is 1. The number of piperidine rings is 1. The van der Waals surface area contributed by atoms with Gasteiger partial charge in [-0.15, -0.1) is 0 Å². The number of ketones is 1. The van der Waals surface area contributed by atoms with Crippen LogP contribution in [0.2, 0.25) is 0 Å². The Morgan fingerprint density at radius 2 is 1.90 bits per heavy atom. The van der Waals surface area contributed by atoms with Gasteiger partial charge in [0.2, 0.25) is 10.0 Å². The number of rotatable bonds is 7. The van der Waals surface area contributed by atoms with E-state index in [9.17, 15) is 22.9 Å². The van der Waals surface area contributed by atoms with Gasteiger partial charge in [0.25, 0.3) is 0 Å². The summed E-state index contributed by atoms with van der Waals surface area (Å²) < 4.78 is 37.5. The smallest absolute Gasteiger partial charge is 0.238 e.